The van der Waals surface area contributed by atoms with Crippen LogP contribution in [0.25, 0.3) is 6.08 Å². The second-order valence-electron chi connectivity index (χ2n) is 4.53. The third kappa shape index (κ3) is 3.55. The maximum absolute atomic E-state index is 11.8. The van der Waals surface area contributed by atoms with Gasteiger partial charge in [0.05, 0.1) is 5.69 Å². The van der Waals surface area contributed by atoms with Gasteiger partial charge in [0.1, 0.15) is 5.82 Å². The minimum atomic E-state index is -0.162. The lowest BCUT2D eigenvalue weighted by Crippen LogP contribution is -2.11. The summed E-state index contributed by atoms with van der Waals surface area (Å²) in [6, 6.07) is 9.81. The molecule has 0 atom stereocenters. The summed E-state index contributed by atoms with van der Waals surface area (Å²) in [5, 5.41) is 6.96. The summed E-state index contributed by atoms with van der Waals surface area (Å²) in [6.45, 7) is 3.91. The highest BCUT2D eigenvalue weighted by molar-refractivity contribution is 6.01. The number of aryl methyl sites for hydroxylation is 3. The average Bonchev–Trinajstić information content (AvgIpc) is 2.65. The number of carbonyl (C=O) groups is 1. The number of anilines is 1. The van der Waals surface area contributed by atoms with E-state index in [0.29, 0.717) is 5.82 Å². The van der Waals surface area contributed by atoms with Crippen LogP contribution in [-0.2, 0) is 11.8 Å². The Morgan fingerprint density at radius 2 is 2.11 bits per heavy atom. The molecule has 0 unspecified atom stereocenters. The lowest BCUT2D eigenvalue weighted by atomic mass is 10.1. The zero-order chi connectivity index (χ0) is 13.8. The predicted octanol–water partition coefficient (Wildman–Crippen LogP) is 2.69. The monoisotopic (exact) mass is 255 g/mol. The number of hydrogen-bond donors (Lipinski definition) is 1. The van der Waals surface area contributed by atoms with Crippen molar-refractivity contribution in [3.63, 3.8) is 0 Å². The quantitative estimate of drug-likeness (QED) is 0.857. The lowest BCUT2D eigenvalue weighted by molar-refractivity contribution is -0.111. The Labute approximate surface area is 112 Å². The van der Waals surface area contributed by atoms with E-state index in [0.717, 1.165) is 11.3 Å². The highest BCUT2D eigenvalue weighted by Crippen LogP contribution is 2.09. The van der Waals surface area contributed by atoms with Gasteiger partial charge in [0.25, 0.3) is 0 Å². The fourth-order valence-corrected chi connectivity index (χ4v) is 1.84. The third-order valence-corrected chi connectivity index (χ3v) is 2.72. The summed E-state index contributed by atoms with van der Waals surface area (Å²) in [5.41, 5.74) is 3.06. The first kappa shape index (κ1) is 13.1. The minimum Gasteiger partial charge on any atom is -0.307 e. The van der Waals surface area contributed by atoms with Crippen molar-refractivity contribution in [3.05, 3.63) is 53.2 Å². The van der Waals surface area contributed by atoms with Gasteiger partial charge in [-0.15, -0.1) is 0 Å². The maximum atomic E-state index is 11.8. The number of nitrogens with one attached hydrogen (secondary N) is 1. The molecule has 98 valence electrons. The van der Waals surface area contributed by atoms with E-state index in [1.54, 1.807) is 17.8 Å². The second-order valence-corrected chi connectivity index (χ2v) is 4.53. The molecule has 4 nitrogen and oxygen atoms in total. The Morgan fingerprint density at radius 3 is 2.74 bits per heavy atom. The number of benzene rings is 1. The van der Waals surface area contributed by atoms with Crippen LogP contribution in [0, 0.1) is 13.8 Å². The molecule has 0 spiro atoms. The topological polar surface area (TPSA) is 46.9 Å². The molecule has 1 heterocycles. The smallest absolute Gasteiger partial charge is 0.249 e. The zero-order valence-corrected chi connectivity index (χ0v) is 11.3. The predicted molar refractivity (Wildman–Crippen MR) is 76.8 cm³/mol. The van der Waals surface area contributed by atoms with E-state index in [2.05, 4.69) is 10.4 Å². The van der Waals surface area contributed by atoms with Gasteiger partial charge in [-0.1, -0.05) is 29.8 Å². The highest BCUT2D eigenvalue weighted by Gasteiger charge is 2.03. The first-order valence-corrected chi connectivity index (χ1v) is 6.11. The van der Waals surface area contributed by atoms with Crippen LogP contribution in [0.2, 0.25) is 0 Å². The number of nitrogens with zero attached hydrogens (tertiary/aromatic N) is 2. The van der Waals surface area contributed by atoms with Gasteiger partial charge in [-0.05, 0) is 25.5 Å². The van der Waals surface area contributed by atoms with Crippen molar-refractivity contribution in [2.75, 3.05) is 5.32 Å². The molecule has 1 N–H and O–H groups in total. The van der Waals surface area contributed by atoms with Crippen LogP contribution in [0.4, 0.5) is 5.82 Å². The van der Waals surface area contributed by atoms with Crippen LogP contribution in [0.15, 0.2) is 36.4 Å². The Bertz CT molecular complexity index is 626. The highest BCUT2D eigenvalue weighted by atomic mass is 16.1. The number of aromatic nitrogens is 2. The molecule has 0 saturated heterocycles. The Kier molecular flexibility index (Phi) is 3.80. The van der Waals surface area contributed by atoms with Gasteiger partial charge in [-0.25, -0.2) is 0 Å². The van der Waals surface area contributed by atoms with Gasteiger partial charge >= 0.3 is 0 Å². The lowest BCUT2D eigenvalue weighted by Gasteiger charge is -2.01. The first-order chi connectivity index (χ1) is 9.04. The summed E-state index contributed by atoms with van der Waals surface area (Å²) in [4.78, 5) is 11.8. The van der Waals surface area contributed by atoms with Crippen molar-refractivity contribution in [1.29, 1.82) is 0 Å². The summed E-state index contributed by atoms with van der Waals surface area (Å²) in [5.74, 6) is 0.529. The molecule has 1 amide bonds. The van der Waals surface area contributed by atoms with Gasteiger partial charge < -0.3 is 5.32 Å². The van der Waals surface area contributed by atoms with Crippen LogP contribution in [0.5, 0.6) is 0 Å². The normalized spacial score (nSPS) is 10.9. The van der Waals surface area contributed by atoms with Crippen molar-refractivity contribution < 1.29 is 4.79 Å². The SMILES string of the molecule is Cc1cccc(/C=C/C(=O)Nc2cc(C)nn2C)c1. The average molecular weight is 255 g/mol. The number of rotatable bonds is 3. The van der Waals surface area contributed by atoms with Crippen molar-refractivity contribution in [1.82, 2.24) is 9.78 Å². The number of hydrogen-bond acceptors (Lipinski definition) is 2. The van der Waals surface area contributed by atoms with E-state index in [4.69, 9.17) is 0 Å². The molecule has 2 rings (SSSR count). The molecule has 2 aromatic rings. The minimum absolute atomic E-state index is 0.162. The van der Waals surface area contributed by atoms with E-state index >= 15 is 0 Å². The van der Waals surface area contributed by atoms with Crippen molar-refractivity contribution in [2.24, 2.45) is 7.05 Å². The second kappa shape index (κ2) is 5.52. The molecule has 1 aromatic heterocycles. The van der Waals surface area contributed by atoms with Crippen LogP contribution < -0.4 is 5.32 Å². The molecule has 0 aliphatic carbocycles. The summed E-state index contributed by atoms with van der Waals surface area (Å²) in [7, 11) is 1.80. The van der Waals surface area contributed by atoms with Crippen LogP contribution in [-0.4, -0.2) is 15.7 Å². The molecular formula is C15H17N3O. The van der Waals surface area contributed by atoms with Gasteiger partial charge in [-0.3, -0.25) is 9.48 Å². The largest absolute Gasteiger partial charge is 0.307 e. The van der Waals surface area contributed by atoms with E-state index in [-0.39, 0.29) is 5.91 Å². The summed E-state index contributed by atoms with van der Waals surface area (Å²) in [6.07, 6.45) is 3.32. The van der Waals surface area contributed by atoms with Crippen molar-refractivity contribution in [3.8, 4) is 0 Å². The molecule has 0 aliphatic rings. The molecular weight excluding hydrogens is 238 g/mol. The molecule has 4 heteroatoms. The van der Waals surface area contributed by atoms with Gasteiger partial charge in [0.15, 0.2) is 0 Å². The van der Waals surface area contributed by atoms with E-state index < -0.39 is 0 Å². The molecule has 1 aromatic carbocycles. The van der Waals surface area contributed by atoms with E-state index in [1.165, 1.54) is 11.6 Å². The molecule has 0 aliphatic heterocycles. The molecule has 0 radical (unpaired) electrons. The van der Waals surface area contributed by atoms with Crippen molar-refractivity contribution in [2.45, 2.75) is 13.8 Å². The fraction of sp³-hybridized carbons (Fsp3) is 0.200. The molecule has 0 bridgehead atoms. The standard InChI is InChI=1S/C15H17N3O/c1-11-5-4-6-13(9-11)7-8-15(19)16-14-10-12(2)17-18(14)3/h4-10H,1-3H3,(H,16,19)/b8-7+. The molecule has 0 fully saturated rings. The molecule has 19 heavy (non-hydrogen) atoms. The fourth-order valence-electron chi connectivity index (χ4n) is 1.84. The van der Waals surface area contributed by atoms with Crippen LogP contribution in [0.1, 0.15) is 16.8 Å². The van der Waals surface area contributed by atoms with Gasteiger partial charge in [-0.2, -0.15) is 5.10 Å². The van der Waals surface area contributed by atoms with Crippen LogP contribution >= 0.6 is 0 Å². The van der Waals surface area contributed by atoms with Gasteiger partial charge in [0.2, 0.25) is 5.91 Å². The van der Waals surface area contributed by atoms with Gasteiger partial charge in [0, 0.05) is 19.2 Å². The summed E-state index contributed by atoms with van der Waals surface area (Å²) < 4.78 is 1.65. The van der Waals surface area contributed by atoms with Crippen LogP contribution in [0.3, 0.4) is 0 Å². The number of carbonyl (C=O) groups excluding carboxylic acids is 1. The van der Waals surface area contributed by atoms with E-state index in [9.17, 15) is 4.79 Å². The molecule has 0 saturated carbocycles. The van der Waals surface area contributed by atoms with Crippen molar-refractivity contribution >= 4 is 17.8 Å². The maximum Gasteiger partial charge on any atom is 0.249 e. The number of amides is 1. The Hall–Kier alpha value is -2.36. The Morgan fingerprint density at radius 1 is 1.32 bits per heavy atom. The van der Waals surface area contributed by atoms with E-state index in [1.807, 2.05) is 44.2 Å². The summed E-state index contributed by atoms with van der Waals surface area (Å²) >= 11 is 0. The third-order valence-electron chi connectivity index (χ3n) is 2.72. The first-order valence-electron chi connectivity index (χ1n) is 6.11. The zero-order valence-electron chi connectivity index (χ0n) is 11.3. The Balaban J connectivity index is 2.03.